The van der Waals surface area contributed by atoms with Gasteiger partial charge in [0.1, 0.15) is 17.7 Å². The van der Waals surface area contributed by atoms with Gasteiger partial charge in [-0.1, -0.05) is 30.3 Å². The lowest BCUT2D eigenvalue weighted by Crippen LogP contribution is -2.13. The molecule has 2 aromatic heterocycles. The summed E-state index contributed by atoms with van der Waals surface area (Å²) >= 11 is 0. The van der Waals surface area contributed by atoms with E-state index in [4.69, 9.17) is 5.73 Å². The molecular formula is C12H11N5. The number of rotatable bonds is 2. The highest BCUT2D eigenvalue weighted by molar-refractivity contribution is 5.69. The summed E-state index contributed by atoms with van der Waals surface area (Å²) in [5.41, 5.74) is 8.59. The molecule has 0 amide bonds. The molecule has 0 spiro atoms. The first-order valence-corrected chi connectivity index (χ1v) is 5.31. The molecule has 3 rings (SSSR count). The van der Waals surface area contributed by atoms with Crippen LogP contribution >= 0.6 is 0 Å². The smallest absolute Gasteiger partial charge is 0.180 e. The lowest BCUT2D eigenvalue weighted by molar-refractivity contribution is 0.805. The van der Waals surface area contributed by atoms with Gasteiger partial charge in [0.05, 0.1) is 12.2 Å². The number of imidazole rings is 1. The Hall–Kier alpha value is -2.27. The Kier molecular flexibility index (Phi) is 2.31. The molecule has 0 bridgehead atoms. The molecule has 3 aromatic rings. The van der Waals surface area contributed by atoms with Crippen LogP contribution in [0.4, 0.5) is 0 Å². The fourth-order valence-electron chi connectivity index (χ4n) is 1.75. The van der Waals surface area contributed by atoms with Gasteiger partial charge in [0, 0.05) is 0 Å². The zero-order chi connectivity index (χ0) is 11.7. The number of nitrogens with zero attached hydrogens (tertiary/aromatic N) is 3. The number of hydrogen-bond donors (Lipinski definition) is 2. The first-order chi connectivity index (χ1) is 8.34. The van der Waals surface area contributed by atoms with E-state index >= 15 is 0 Å². The van der Waals surface area contributed by atoms with Gasteiger partial charge < -0.3 is 10.7 Å². The van der Waals surface area contributed by atoms with E-state index in [1.807, 2.05) is 30.3 Å². The van der Waals surface area contributed by atoms with Gasteiger partial charge in [0.15, 0.2) is 5.65 Å². The maximum Gasteiger partial charge on any atom is 0.180 e. The minimum Gasteiger partial charge on any atom is -0.338 e. The maximum atomic E-state index is 6.14. The molecule has 0 fully saturated rings. The summed E-state index contributed by atoms with van der Waals surface area (Å²) in [6.07, 6.45) is 3.16. The number of aromatic amines is 1. The number of hydrogen-bond acceptors (Lipinski definition) is 4. The van der Waals surface area contributed by atoms with Crippen LogP contribution in [0.15, 0.2) is 42.9 Å². The molecule has 0 aliphatic carbocycles. The second-order valence-corrected chi connectivity index (χ2v) is 3.77. The largest absolute Gasteiger partial charge is 0.338 e. The maximum absolute atomic E-state index is 6.14. The van der Waals surface area contributed by atoms with Crippen molar-refractivity contribution in [2.45, 2.75) is 6.04 Å². The van der Waals surface area contributed by atoms with E-state index in [1.54, 1.807) is 6.20 Å². The molecule has 1 unspecified atom stereocenters. The lowest BCUT2D eigenvalue weighted by atomic mass is 10.1. The third kappa shape index (κ3) is 1.76. The molecule has 0 aliphatic rings. The molecule has 1 atom stereocenters. The van der Waals surface area contributed by atoms with E-state index in [1.165, 1.54) is 6.33 Å². The van der Waals surface area contributed by atoms with Crippen molar-refractivity contribution in [1.82, 2.24) is 19.9 Å². The van der Waals surface area contributed by atoms with E-state index in [0.29, 0.717) is 11.5 Å². The van der Waals surface area contributed by atoms with Gasteiger partial charge >= 0.3 is 0 Å². The van der Waals surface area contributed by atoms with Crippen molar-refractivity contribution in [2.75, 3.05) is 0 Å². The van der Waals surface area contributed by atoms with Gasteiger partial charge in [-0.05, 0) is 5.56 Å². The standard InChI is InChI=1S/C12H11N5/c13-10(8-4-2-1-3-5-8)12-16-9-6-14-7-15-11(9)17-12/h1-7,10H,13H2,(H,14,15,16,17). The SMILES string of the molecule is NC(c1ccccc1)c1nc2ncncc2[nH]1. The second kappa shape index (κ2) is 3.95. The topological polar surface area (TPSA) is 80.5 Å². The van der Waals surface area contributed by atoms with Gasteiger partial charge in [-0.2, -0.15) is 0 Å². The van der Waals surface area contributed by atoms with Crippen molar-refractivity contribution in [3.05, 3.63) is 54.2 Å². The van der Waals surface area contributed by atoms with Crippen molar-refractivity contribution >= 4 is 11.2 Å². The van der Waals surface area contributed by atoms with E-state index in [2.05, 4.69) is 19.9 Å². The highest BCUT2D eigenvalue weighted by Gasteiger charge is 2.13. The number of nitrogens with two attached hydrogens (primary N) is 1. The fraction of sp³-hybridized carbons (Fsp3) is 0.0833. The molecule has 17 heavy (non-hydrogen) atoms. The molecule has 2 heterocycles. The summed E-state index contributed by atoms with van der Waals surface area (Å²) < 4.78 is 0. The Labute approximate surface area is 97.7 Å². The van der Waals surface area contributed by atoms with Crippen molar-refractivity contribution in [3.8, 4) is 0 Å². The minimum absolute atomic E-state index is 0.273. The van der Waals surface area contributed by atoms with Crippen LogP contribution in [-0.4, -0.2) is 19.9 Å². The molecular weight excluding hydrogens is 214 g/mol. The summed E-state index contributed by atoms with van der Waals surface area (Å²) in [5.74, 6) is 0.701. The molecule has 84 valence electrons. The van der Waals surface area contributed by atoms with Crippen LogP contribution in [0.5, 0.6) is 0 Å². The van der Waals surface area contributed by atoms with E-state index in [0.717, 1.165) is 11.1 Å². The Morgan fingerprint density at radius 1 is 1.18 bits per heavy atom. The summed E-state index contributed by atoms with van der Waals surface area (Å²) in [5, 5.41) is 0. The quantitative estimate of drug-likeness (QED) is 0.690. The zero-order valence-electron chi connectivity index (χ0n) is 9.04. The van der Waals surface area contributed by atoms with Gasteiger partial charge in [0.25, 0.3) is 0 Å². The average Bonchev–Trinajstić information content (AvgIpc) is 2.82. The first-order valence-electron chi connectivity index (χ1n) is 5.31. The van der Waals surface area contributed by atoms with Crippen LogP contribution in [0.2, 0.25) is 0 Å². The predicted molar refractivity (Wildman–Crippen MR) is 64.2 cm³/mol. The number of aromatic nitrogens is 4. The summed E-state index contributed by atoms with van der Waals surface area (Å²) in [6.45, 7) is 0. The molecule has 5 nitrogen and oxygen atoms in total. The van der Waals surface area contributed by atoms with Crippen LogP contribution in [-0.2, 0) is 0 Å². The van der Waals surface area contributed by atoms with Crippen LogP contribution in [0.25, 0.3) is 11.2 Å². The Balaban J connectivity index is 2.04. The Morgan fingerprint density at radius 3 is 2.76 bits per heavy atom. The molecule has 3 N–H and O–H groups in total. The molecule has 0 radical (unpaired) electrons. The fourth-order valence-corrected chi connectivity index (χ4v) is 1.75. The lowest BCUT2D eigenvalue weighted by Gasteiger charge is -2.07. The van der Waals surface area contributed by atoms with Crippen molar-refractivity contribution in [1.29, 1.82) is 0 Å². The summed E-state index contributed by atoms with van der Waals surface area (Å²) in [7, 11) is 0. The number of fused-ring (bicyclic) bond motifs is 1. The molecule has 0 saturated carbocycles. The van der Waals surface area contributed by atoms with Gasteiger partial charge in [-0.3, -0.25) is 0 Å². The number of H-pyrrole nitrogens is 1. The highest BCUT2D eigenvalue weighted by Crippen LogP contribution is 2.18. The van der Waals surface area contributed by atoms with Gasteiger partial charge in [0.2, 0.25) is 0 Å². The monoisotopic (exact) mass is 225 g/mol. The third-order valence-corrected chi connectivity index (χ3v) is 2.63. The molecule has 0 aliphatic heterocycles. The van der Waals surface area contributed by atoms with Crippen LogP contribution in [0.3, 0.4) is 0 Å². The summed E-state index contributed by atoms with van der Waals surface area (Å²) in [4.78, 5) is 15.5. The Bertz CT molecular complexity index is 598. The number of nitrogens with one attached hydrogen (secondary N) is 1. The molecule has 5 heteroatoms. The van der Waals surface area contributed by atoms with E-state index in [-0.39, 0.29) is 6.04 Å². The van der Waals surface area contributed by atoms with Crippen molar-refractivity contribution in [3.63, 3.8) is 0 Å². The normalized spacial score (nSPS) is 12.8. The number of benzene rings is 1. The molecule has 0 saturated heterocycles. The minimum atomic E-state index is -0.273. The van der Waals surface area contributed by atoms with Crippen molar-refractivity contribution < 1.29 is 0 Å². The van der Waals surface area contributed by atoms with E-state index < -0.39 is 0 Å². The van der Waals surface area contributed by atoms with Crippen LogP contribution < -0.4 is 5.73 Å². The Morgan fingerprint density at radius 2 is 2.00 bits per heavy atom. The van der Waals surface area contributed by atoms with Crippen LogP contribution in [0.1, 0.15) is 17.4 Å². The zero-order valence-corrected chi connectivity index (χ0v) is 9.04. The van der Waals surface area contributed by atoms with E-state index in [9.17, 15) is 0 Å². The second-order valence-electron chi connectivity index (χ2n) is 3.77. The highest BCUT2D eigenvalue weighted by atomic mass is 15.0. The average molecular weight is 225 g/mol. The third-order valence-electron chi connectivity index (χ3n) is 2.63. The predicted octanol–water partition coefficient (Wildman–Crippen LogP) is 1.40. The van der Waals surface area contributed by atoms with Gasteiger partial charge in [-0.15, -0.1) is 0 Å². The first kappa shape index (κ1) is 9.92. The van der Waals surface area contributed by atoms with Crippen molar-refractivity contribution in [2.24, 2.45) is 5.73 Å². The van der Waals surface area contributed by atoms with Gasteiger partial charge in [-0.25, -0.2) is 15.0 Å². The summed E-state index contributed by atoms with van der Waals surface area (Å²) in [6, 6.07) is 9.55. The molecule has 1 aromatic carbocycles. The van der Waals surface area contributed by atoms with Crippen LogP contribution in [0, 0.1) is 0 Å².